The van der Waals surface area contributed by atoms with Gasteiger partial charge in [-0.15, -0.1) is 0 Å². The smallest absolute Gasteiger partial charge is 0.261 e. The molecule has 4 rings (SSSR count). The summed E-state index contributed by atoms with van der Waals surface area (Å²) in [5, 5.41) is 0. The Morgan fingerprint density at radius 3 is 2.23 bits per heavy atom. The number of amides is 1. The number of carbonyl (C=O) groups excluding carboxylic acids is 1. The molecule has 2 aliphatic heterocycles. The Balaban J connectivity index is 1.47. The molecule has 1 fully saturated rings. The maximum Gasteiger partial charge on any atom is 0.261 e. The number of benzene rings is 2. The fourth-order valence-corrected chi connectivity index (χ4v) is 3.64. The fraction of sp³-hybridized carbons (Fsp3) is 0.278. The number of nitrogens with zero attached hydrogens (tertiary/aromatic N) is 1. The van der Waals surface area contributed by atoms with Crippen molar-refractivity contribution in [2.75, 3.05) is 6.61 Å². The van der Waals surface area contributed by atoms with Crippen molar-refractivity contribution in [1.82, 2.24) is 4.90 Å². The van der Waals surface area contributed by atoms with E-state index in [-0.39, 0.29) is 30.4 Å². The highest BCUT2D eigenvalue weighted by molar-refractivity contribution is 5.80. The lowest BCUT2D eigenvalue weighted by molar-refractivity contribution is -0.135. The highest BCUT2D eigenvalue weighted by atomic mass is 19.1. The molecular weight excluding hydrogens is 281 g/mol. The third-order valence-corrected chi connectivity index (χ3v) is 4.56. The number of ether oxygens (including phenoxy) is 1. The van der Waals surface area contributed by atoms with Crippen LogP contribution in [0.4, 0.5) is 4.39 Å². The second-order valence-electron chi connectivity index (χ2n) is 5.78. The first-order chi connectivity index (χ1) is 10.7. The van der Waals surface area contributed by atoms with E-state index in [4.69, 9.17) is 4.74 Å². The van der Waals surface area contributed by atoms with Crippen molar-refractivity contribution < 1.29 is 13.9 Å². The van der Waals surface area contributed by atoms with Gasteiger partial charge in [-0.05, 0) is 48.2 Å². The average molecular weight is 297 g/mol. The molecule has 112 valence electrons. The summed E-state index contributed by atoms with van der Waals surface area (Å²) in [6.07, 6.45) is 2.04. The summed E-state index contributed by atoms with van der Waals surface area (Å²) >= 11 is 0. The number of fused-ring (bicyclic) bond motifs is 5. The van der Waals surface area contributed by atoms with Gasteiger partial charge in [-0.25, -0.2) is 4.39 Å². The van der Waals surface area contributed by atoms with Crippen molar-refractivity contribution in [1.29, 1.82) is 0 Å². The highest BCUT2D eigenvalue weighted by Gasteiger charge is 2.45. The van der Waals surface area contributed by atoms with Gasteiger partial charge >= 0.3 is 0 Å². The molecule has 0 aromatic heterocycles. The first kappa shape index (κ1) is 13.3. The van der Waals surface area contributed by atoms with Gasteiger partial charge in [-0.2, -0.15) is 0 Å². The van der Waals surface area contributed by atoms with Crippen LogP contribution >= 0.6 is 0 Å². The van der Waals surface area contributed by atoms with Crippen LogP contribution in [0, 0.1) is 5.82 Å². The molecule has 3 nitrogen and oxygen atoms in total. The number of rotatable bonds is 3. The zero-order valence-electron chi connectivity index (χ0n) is 12.0. The van der Waals surface area contributed by atoms with Gasteiger partial charge in [0.2, 0.25) is 0 Å². The molecule has 2 atom stereocenters. The largest absolute Gasteiger partial charge is 0.484 e. The number of halogens is 1. The number of carbonyl (C=O) groups is 1. The van der Waals surface area contributed by atoms with Gasteiger partial charge in [0.1, 0.15) is 11.6 Å². The molecule has 2 aromatic carbocycles. The van der Waals surface area contributed by atoms with Crippen LogP contribution in [0.1, 0.15) is 36.1 Å². The van der Waals surface area contributed by atoms with E-state index in [2.05, 4.69) is 12.1 Å². The van der Waals surface area contributed by atoms with Crippen LogP contribution in [0.3, 0.4) is 0 Å². The van der Waals surface area contributed by atoms with E-state index >= 15 is 0 Å². The molecule has 22 heavy (non-hydrogen) atoms. The molecule has 4 heteroatoms. The van der Waals surface area contributed by atoms with E-state index in [9.17, 15) is 9.18 Å². The minimum atomic E-state index is -0.313. The zero-order valence-corrected chi connectivity index (χ0v) is 12.0. The van der Waals surface area contributed by atoms with Crippen LogP contribution in [-0.2, 0) is 4.79 Å². The Hall–Kier alpha value is -2.36. The Labute approximate surface area is 128 Å². The molecule has 2 aliphatic rings. The topological polar surface area (TPSA) is 29.5 Å². The van der Waals surface area contributed by atoms with Gasteiger partial charge in [0, 0.05) is 0 Å². The molecule has 1 amide bonds. The summed E-state index contributed by atoms with van der Waals surface area (Å²) in [6, 6.07) is 14.4. The predicted molar refractivity (Wildman–Crippen MR) is 79.9 cm³/mol. The maximum absolute atomic E-state index is 12.9. The SMILES string of the molecule is O=C(COc1ccc(F)cc1)N1[C@H]2CC[C@H]1c1ccccc12. The predicted octanol–water partition coefficient (Wildman–Crippen LogP) is 3.62. The summed E-state index contributed by atoms with van der Waals surface area (Å²) in [4.78, 5) is 14.5. The number of hydrogen-bond acceptors (Lipinski definition) is 2. The Bertz CT molecular complexity index is 682. The molecule has 0 radical (unpaired) electrons. The van der Waals surface area contributed by atoms with E-state index in [1.165, 1.54) is 35.4 Å². The van der Waals surface area contributed by atoms with Gasteiger partial charge in [0.15, 0.2) is 6.61 Å². The van der Waals surface area contributed by atoms with E-state index in [0.29, 0.717) is 5.75 Å². The molecule has 0 saturated carbocycles. The van der Waals surface area contributed by atoms with Crippen LogP contribution in [0.2, 0.25) is 0 Å². The van der Waals surface area contributed by atoms with Gasteiger partial charge in [0.05, 0.1) is 12.1 Å². The second kappa shape index (κ2) is 5.13. The number of hydrogen-bond donors (Lipinski definition) is 0. The lowest BCUT2D eigenvalue weighted by Gasteiger charge is -2.22. The summed E-state index contributed by atoms with van der Waals surface area (Å²) < 4.78 is 18.4. The molecule has 2 bridgehead atoms. The fourth-order valence-electron chi connectivity index (χ4n) is 3.64. The Kier molecular flexibility index (Phi) is 3.10. The van der Waals surface area contributed by atoms with Crippen molar-refractivity contribution >= 4 is 5.91 Å². The Morgan fingerprint density at radius 1 is 1.05 bits per heavy atom. The van der Waals surface area contributed by atoms with Crippen LogP contribution in [0.25, 0.3) is 0 Å². The maximum atomic E-state index is 12.9. The van der Waals surface area contributed by atoms with Crippen molar-refractivity contribution in [3.63, 3.8) is 0 Å². The first-order valence-corrected chi connectivity index (χ1v) is 7.52. The van der Waals surface area contributed by atoms with Gasteiger partial charge in [-0.3, -0.25) is 4.79 Å². The van der Waals surface area contributed by atoms with Gasteiger partial charge in [-0.1, -0.05) is 24.3 Å². The molecular formula is C18H16FNO2. The molecule has 0 unspecified atom stereocenters. The summed E-state index contributed by atoms with van der Waals surface area (Å²) in [7, 11) is 0. The standard InChI is InChI=1S/C18H16FNO2/c19-12-5-7-13(8-6-12)22-11-18(21)20-16-9-10-17(20)15-4-2-1-3-14(15)16/h1-8,16-17H,9-11H2/t16-,17-/m0/s1. The van der Waals surface area contributed by atoms with E-state index in [0.717, 1.165) is 12.8 Å². The molecule has 1 saturated heterocycles. The van der Waals surface area contributed by atoms with E-state index in [1.54, 1.807) is 0 Å². The first-order valence-electron chi connectivity index (χ1n) is 7.52. The minimum Gasteiger partial charge on any atom is -0.484 e. The lowest BCUT2D eigenvalue weighted by Crippen LogP contribution is -2.32. The van der Waals surface area contributed by atoms with Crippen LogP contribution in [-0.4, -0.2) is 17.4 Å². The van der Waals surface area contributed by atoms with E-state index < -0.39 is 0 Å². The molecule has 2 heterocycles. The summed E-state index contributed by atoms with van der Waals surface area (Å²) in [6.45, 7) is -0.00732. The summed E-state index contributed by atoms with van der Waals surface area (Å²) in [5.41, 5.74) is 2.54. The third-order valence-electron chi connectivity index (χ3n) is 4.56. The molecule has 0 N–H and O–H groups in total. The van der Waals surface area contributed by atoms with Crippen LogP contribution < -0.4 is 4.74 Å². The van der Waals surface area contributed by atoms with Crippen molar-refractivity contribution in [2.45, 2.75) is 24.9 Å². The minimum absolute atomic E-state index is 0.00646. The average Bonchev–Trinajstić information content (AvgIpc) is 3.11. The van der Waals surface area contributed by atoms with Gasteiger partial charge < -0.3 is 9.64 Å². The van der Waals surface area contributed by atoms with Crippen LogP contribution in [0.5, 0.6) is 5.75 Å². The van der Waals surface area contributed by atoms with Gasteiger partial charge in [0.25, 0.3) is 5.91 Å². The van der Waals surface area contributed by atoms with Crippen molar-refractivity contribution in [3.8, 4) is 5.75 Å². The van der Waals surface area contributed by atoms with Crippen LogP contribution in [0.15, 0.2) is 48.5 Å². The van der Waals surface area contributed by atoms with E-state index in [1.807, 2.05) is 17.0 Å². The Morgan fingerprint density at radius 2 is 1.64 bits per heavy atom. The molecule has 0 spiro atoms. The third kappa shape index (κ3) is 2.06. The second-order valence-corrected chi connectivity index (χ2v) is 5.78. The van der Waals surface area contributed by atoms with Crippen molar-refractivity contribution in [3.05, 3.63) is 65.5 Å². The van der Waals surface area contributed by atoms with Crippen molar-refractivity contribution in [2.24, 2.45) is 0 Å². The monoisotopic (exact) mass is 297 g/mol. The normalized spacial score (nSPS) is 21.8. The highest BCUT2D eigenvalue weighted by Crippen LogP contribution is 2.52. The summed E-state index contributed by atoms with van der Waals surface area (Å²) in [5.74, 6) is 0.193. The zero-order chi connectivity index (χ0) is 15.1. The quantitative estimate of drug-likeness (QED) is 0.866. The molecule has 0 aliphatic carbocycles. The molecule has 2 aromatic rings. The lowest BCUT2D eigenvalue weighted by atomic mass is 9.92.